The Morgan fingerprint density at radius 1 is 1.32 bits per heavy atom. The summed E-state index contributed by atoms with van der Waals surface area (Å²) in [5.74, 6) is 0.905. The first kappa shape index (κ1) is 20.5. The third kappa shape index (κ3) is 3.94. The molecule has 28 heavy (non-hydrogen) atoms. The van der Waals surface area contributed by atoms with Crippen LogP contribution in [0.15, 0.2) is 47.5 Å². The molecule has 1 aliphatic rings. The number of aromatic nitrogens is 1. The number of allylic oxidation sites excluding steroid dienone is 5. The monoisotopic (exact) mass is 393 g/mol. The number of benzene rings is 1. The summed E-state index contributed by atoms with van der Waals surface area (Å²) in [4.78, 5) is 3.56. The van der Waals surface area contributed by atoms with Gasteiger partial charge < -0.3 is 10.3 Å². The Hall–Kier alpha value is -2.28. The minimum absolute atomic E-state index is 0.263. The molecule has 1 aromatic carbocycles. The smallest absolute Gasteiger partial charge is 0.101 e. The summed E-state index contributed by atoms with van der Waals surface area (Å²) < 4.78 is 0. The van der Waals surface area contributed by atoms with Crippen molar-refractivity contribution in [3.05, 3.63) is 64.4 Å². The molecule has 0 amide bonds. The van der Waals surface area contributed by atoms with Crippen LogP contribution >= 0.6 is 11.6 Å². The summed E-state index contributed by atoms with van der Waals surface area (Å²) in [6, 6.07) is 8.99. The zero-order valence-electron chi connectivity index (χ0n) is 16.9. The number of nitrogens with one attached hydrogen (secondary N) is 2. The Kier molecular flexibility index (Phi) is 6.44. The lowest BCUT2D eigenvalue weighted by atomic mass is 9.88. The average Bonchev–Trinajstić information content (AvgIpc) is 3.07. The molecule has 1 aliphatic heterocycles. The topological polar surface area (TPSA) is 51.6 Å². The minimum atomic E-state index is 0.263. The van der Waals surface area contributed by atoms with Crippen LogP contribution in [0, 0.1) is 11.3 Å². The molecular formula is C24H28ClN3. The van der Waals surface area contributed by atoms with Crippen molar-refractivity contribution in [1.82, 2.24) is 10.3 Å². The first-order valence-corrected chi connectivity index (χ1v) is 10.3. The van der Waals surface area contributed by atoms with Crippen molar-refractivity contribution in [2.45, 2.75) is 45.4 Å². The van der Waals surface area contributed by atoms with Gasteiger partial charge in [0.25, 0.3) is 0 Å². The Morgan fingerprint density at radius 3 is 2.61 bits per heavy atom. The van der Waals surface area contributed by atoms with Crippen molar-refractivity contribution in [2.75, 3.05) is 13.1 Å². The lowest BCUT2D eigenvalue weighted by Gasteiger charge is -2.23. The molecule has 4 heteroatoms. The first-order valence-electron chi connectivity index (χ1n) is 9.96. The van der Waals surface area contributed by atoms with E-state index in [1.165, 1.54) is 29.4 Å². The van der Waals surface area contributed by atoms with Gasteiger partial charge in [0.05, 0.1) is 16.3 Å². The quantitative estimate of drug-likeness (QED) is 0.458. The van der Waals surface area contributed by atoms with E-state index < -0.39 is 0 Å². The van der Waals surface area contributed by atoms with Gasteiger partial charge in [-0.25, -0.2) is 0 Å². The van der Waals surface area contributed by atoms with Crippen molar-refractivity contribution in [3.8, 4) is 6.07 Å². The van der Waals surface area contributed by atoms with Crippen LogP contribution in [0.2, 0.25) is 0 Å². The Morgan fingerprint density at radius 2 is 2.04 bits per heavy atom. The van der Waals surface area contributed by atoms with E-state index in [0.29, 0.717) is 17.4 Å². The van der Waals surface area contributed by atoms with Gasteiger partial charge in [-0.05, 0) is 68.0 Å². The molecule has 0 radical (unpaired) electrons. The Labute approximate surface area is 172 Å². The molecule has 1 fully saturated rings. The van der Waals surface area contributed by atoms with Gasteiger partial charge in [-0.3, -0.25) is 0 Å². The number of hydrogen-bond donors (Lipinski definition) is 2. The number of halogens is 1. The fraction of sp³-hybridized carbons (Fsp3) is 0.375. The fourth-order valence-electron chi connectivity index (χ4n) is 4.18. The maximum Gasteiger partial charge on any atom is 0.101 e. The van der Waals surface area contributed by atoms with Crippen LogP contribution in [-0.2, 0) is 0 Å². The second kappa shape index (κ2) is 8.82. The van der Waals surface area contributed by atoms with Crippen LogP contribution < -0.4 is 5.32 Å². The second-order valence-electron chi connectivity index (χ2n) is 7.70. The van der Waals surface area contributed by atoms with Gasteiger partial charge in [0.15, 0.2) is 0 Å². The summed E-state index contributed by atoms with van der Waals surface area (Å²) in [6.45, 7) is 12.3. The van der Waals surface area contributed by atoms with Crippen molar-refractivity contribution in [3.63, 3.8) is 0 Å². The zero-order chi connectivity index (χ0) is 20.3. The normalized spacial score (nSPS) is 16.6. The Balaban J connectivity index is 2.24. The lowest BCUT2D eigenvalue weighted by Crippen LogP contribution is -2.26. The maximum absolute atomic E-state index is 9.67. The largest absolute Gasteiger partial charge is 0.354 e. The molecule has 0 unspecified atom stereocenters. The number of aromatic amines is 1. The minimum Gasteiger partial charge on any atom is -0.354 e. The highest BCUT2D eigenvalue weighted by molar-refractivity contribution is 6.33. The van der Waals surface area contributed by atoms with Gasteiger partial charge in [-0.1, -0.05) is 50.2 Å². The second-order valence-corrected chi connectivity index (χ2v) is 8.16. The molecule has 1 saturated heterocycles. The van der Waals surface area contributed by atoms with Gasteiger partial charge in [0, 0.05) is 16.5 Å². The van der Waals surface area contributed by atoms with Gasteiger partial charge in [0.1, 0.15) is 6.07 Å². The van der Waals surface area contributed by atoms with E-state index in [9.17, 15) is 5.26 Å². The molecule has 0 aliphatic carbocycles. The third-order valence-corrected chi connectivity index (χ3v) is 5.69. The number of H-pyrrole nitrogens is 1. The molecule has 3 nitrogen and oxygen atoms in total. The van der Waals surface area contributed by atoms with Gasteiger partial charge in [-0.2, -0.15) is 5.26 Å². The van der Waals surface area contributed by atoms with Crippen molar-refractivity contribution in [1.29, 1.82) is 5.26 Å². The number of fused-ring (bicyclic) bond motifs is 1. The van der Waals surface area contributed by atoms with E-state index >= 15 is 0 Å². The standard InChI is InChI=1S/C24H28ClN3/c1-5-6-19(21(14-26)16(4)25)24-23(15(2)3)20-13-18(7-8-22(20)28-24)17-9-11-27-12-10-17/h5-8,13,15,17,27-28H,4,9-12H2,1-3H3/b6-5-,21-19+. The molecule has 1 aromatic heterocycles. The molecule has 2 heterocycles. The van der Waals surface area contributed by atoms with E-state index in [1.54, 1.807) is 0 Å². The summed E-state index contributed by atoms with van der Waals surface area (Å²) >= 11 is 6.15. The number of nitriles is 1. The van der Waals surface area contributed by atoms with E-state index in [1.807, 2.05) is 19.1 Å². The van der Waals surface area contributed by atoms with Crippen LogP contribution in [0.25, 0.3) is 16.5 Å². The van der Waals surface area contributed by atoms with Gasteiger partial charge in [-0.15, -0.1) is 0 Å². The fourth-order valence-corrected chi connectivity index (χ4v) is 4.32. The molecule has 0 spiro atoms. The number of piperidine rings is 1. The lowest BCUT2D eigenvalue weighted by molar-refractivity contribution is 0.460. The summed E-state index contributed by atoms with van der Waals surface area (Å²) in [6.07, 6.45) is 6.22. The molecule has 0 atom stereocenters. The van der Waals surface area contributed by atoms with E-state index in [-0.39, 0.29) is 5.03 Å². The molecule has 0 saturated carbocycles. The molecule has 3 rings (SSSR count). The predicted octanol–water partition coefficient (Wildman–Crippen LogP) is 6.36. The summed E-state index contributed by atoms with van der Waals surface area (Å²) in [7, 11) is 0. The molecule has 2 N–H and O–H groups in total. The number of nitrogens with zero attached hydrogens (tertiary/aromatic N) is 1. The van der Waals surface area contributed by atoms with E-state index in [4.69, 9.17) is 11.6 Å². The summed E-state index contributed by atoms with van der Waals surface area (Å²) in [5, 5.41) is 14.6. The average molecular weight is 394 g/mol. The number of hydrogen-bond acceptors (Lipinski definition) is 2. The van der Waals surface area contributed by atoms with Crippen LogP contribution in [0.3, 0.4) is 0 Å². The van der Waals surface area contributed by atoms with Crippen molar-refractivity contribution < 1.29 is 0 Å². The summed E-state index contributed by atoms with van der Waals surface area (Å²) in [5.41, 5.74) is 5.89. The Bertz CT molecular complexity index is 979. The van der Waals surface area contributed by atoms with Crippen LogP contribution in [0.5, 0.6) is 0 Å². The van der Waals surface area contributed by atoms with E-state index in [0.717, 1.165) is 29.9 Å². The maximum atomic E-state index is 9.67. The van der Waals surface area contributed by atoms with Crippen LogP contribution in [0.4, 0.5) is 0 Å². The SMILES string of the molecule is C=C(Cl)/C(C#N)=C(\C=C/C)c1[nH]c2ccc(C3CCNCC3)cc2c1C(C)C. The molecule has 2 aromatic rings. The molecule has 146 valence electrons. The van der Waals surface area contributed by atoms with Crippen molar-refractivity contribution in [2.24, 2.45) is 0 Å². The van der Waals surface area contributed by atoms with Gasteiger partial charge >= 0.3 is 0 Å². The van der Waals surface area contributed by atoms with Crippen LogP contribution in [0.1, 0.15) is 62.3 Å². The van der Waals surface area contributed by atoms with Crippen LogP contribution in [-0.4, -0.2) is 18.1 Å². The highest BCUT2D eigenvalue weighted by atomic mass is 35.5. The predicted molar refractivity (Wildman–Crippen MR) is 120 cm³/mol. The zero-order valence-corrected chi connectivity index (χ0v) is 17.7. The number of rotatable bonds is 5. The van der Waals surface area contributed by atoms with Crippen molar-refractivity contribution >= 4 is 28.1 Å². The highest BCUT2D eigenvalue weighted by Gasteiger charge is 2.22. The third-order valence-electron chi connectivity index (χ3n) is 5.51. The van der Waals surface area contributed by atoms with Gasteiger partial charge in [0.2, 0.25) is 0 Å². The molecular weight excluding hydrogens is 366 g/mol. The highest BCUT2D eigenvalue weighted by Crippen LogP contribution is 2.38. The first-order chi connectivity index (χ1) is 13.5. The molecule has 0 bridgehead atoms. The van der Waals surface area contributed by atoms with E-state index in [2.05, 4.69) is 55.0 Å².